The summed E-state index contributed by atoms with van der Waals surface area (Å²) in [5.74, 6) is 2.84. The standard InChI is InChI=1S/C18H23N3/c1-19-17-8-5-9-18(20-17)21-12-10-16(11-13-21)14-15-6-3-2-4-7-15/h2-9,16H,10-14H2,1H3,(H,19,20). The summed E-state index contributed by atoms with van der Waals surface area (Å²) in [6.45, 7) is 2.22. The molecule has 1 aromatic heterocycles. The van der Waals surface area contributed by atoms with Crippen LogP contribution >= 0.6 is 0 Å². The van der Waals surface area contributed by atoms with Crippen molar-refractivity contribution in [3.63, 3.8) is 0 Å². The Morgan fingerprint density at radius 2 is 1.81 bits per heavy atom. The lowest BCUT2D eigenvalue weighted by atomic mass is 9.90. The van der Waals surface area contributed by atoms with Crippen molar-refractivity contribution in [2.24, 2.45) is 5.92 Å². The van der Waals surface area contributed by atoms with Crippen LogP contribution in [0.5, 0.6) is 0 Å². The van der Waals surface area contributed by atoms with Gasteiger partial charge < -0.3 is 10.2 Å². The predicted molar refractivity (Wildman–Crippen MR) is 88.9 cm³/mol. The fourth-order valence-corrected chi connectivity index (χ4v) is 3.05. The van der Waals surface area contributed by atoms with Crippen LogP contribution < -0.4 is 10.2 Å². The number of rotatable bonds is 4. The Kier molecular flexibility index (Phi) is 4.39. The molecule has 3 nitrogen and oxygen atoms in total. The summed E-state index contributed by atoms with van der Waals surface area (Å²) in [6, 6.07) is 17.0. The van der Waals surface area contributed by atoms with Gasteiger partial charge in [-0.2, -0.15) is 0 Å². The van der Waals surface area contributed by atoms with Gasteiger partial charge in [0.1, 0.15) is 11.6 Å². The van der Waals surface area contributed by atoms with Crippen molar-refractivity contribution in [2.45, 2.75) is 19.3 Å². The minimum Gasteiger partial charge on any atom is -0.373 e. The highest BCUT2D eigenvalue weighted by Gasteiger charge is 2.20. The molecule has 1 aliphatic rings. The normalized spacial score (nSPS) is 16.0. The highest BCUT2D eigenvalue weighted by Crippen LogP contribution is 2.25. The number of anilines is 2. The number of benzene rings is 1. The third-order valence-electron chi connectivity index (χ3n) is 4.30. The molecule has 0 radical (unpaired) electrons. The van der Waals surface area contributed by atoms with Gasteiger partial charge in [-0.1, -0.05) is 36.4 Å². The fraction of sp³-hybridized carbons (Fsp3) is 0.389. The number of nitrogens with one attached hydrogen (secondary N) is 1. The summed E-state index contributed by atoms with van der Waals surface area (Å²) in [7, 11) is 1.91. The summed E-state index contributed by atoms with van der Waals surface area (Å²) in [5.41, 5.74) is 1.46. The highest BCUT2D eigenvalue weighted by molar-refractivity contribution is 5.47. The maximum absolute atomic E-state index is 4.64. The van der Waals surface area contributed by atoms with Crippen LogP contribution in [0.2, 0.25) is 0 Å². The van der Waals surface area contributed by atoms with Crippen LogP contribution in [0.25, 0.3) is 0 Å². The van der Waals surface area contributed by atoms with Crippen molar-refractivity contribution < 1.29 is 0 Å². The monoisotopic (exact) mass is 281 g/mol. The third-order valence-corrected chi connectivity index (χ3v) is 4.30. The minimum atomic E-state index is 0.802. The molecule has 0 atom stereocenters. The van der Waals surface area contributed by atoms with Crippen molar-refractivity contribution in [1.29, 1.82) is 0 Å². The van der Waals surface area contributed by atoms with E-state index in [1.165, 1.54) is 24.8 Å². The molecular weight excluding hydrogens is 258 g/mol. The largest absolute Gasteiger partial charge is 0.373 e. The maximum atomic E-state index is 4.64. The number of pyridine rings is 1. The van der Waals surface area contributed by atoms with E-state index >= 15 is 0 Å². The van der Waals surface area contributed by atoms with Crippen molar-refractivity contribution in [1.82, 2.24) is 4.98 Å². The van der Waals surface area contributed by atoms with Gasteiger partial charge in [0.25, 0.3) is 0 Å². The van der Waals surface area contributed by atoms with E-state index in [2.05, 4.69) is 57.7 Å². The molecule has 1 N–H and O–H groups in total. The molecule has 1 aromatic carbocycles. The Balaban J connectivity index is 1.57. The van der Waals surface area contributed by atoms with Crippen molar-refractivity contribution in [3.05, 3.63) is 54.1 Å². The molecule has 110 valence electrons. The van der Waals surface area contributed by atoms with Crippen LogP contribution in [0.3, 0.4) is 0 Å². The molecule has 1 aliphatic heterocycles. The fourth-order valence-electron chi connectivity index (χ4n) is 3.05. The zero-order valence-corrected chi connectivity index (χ0v) is 12.6. The van der Waals surface area contributed by atoms with Gasteiger partial charge in [0.2, 0.25) is 0 Å². The zero-order valence-electron chi connectivity index (χ0n) is 12.6. The molecule has 2 heterocycles. The highest BCUT2D eigenvalue weighted by atomic mass is 15.2. The van der Waals surface area contributed by atoms with Crippen LogP contribution in [0, 0.1) is 5.92 Å². The third kappa shape index (κ3) is 3.54. The lowest BCUT2D eigenvalue weighted by molar-refractivity contribution is 0.402. The first-order valence-corrected chi connectivity index (χ1v) is 7.79. The van der Waals surface area contributed by atoms with E-state index in [-0.39, 0.29) is 0 Å². The topological polar surface area (TPSA) is 28.2 Å². The second kappa shape index (κ2) is 6.61. The number of nitrogens with zero attached hydrogens (tertiary/aromatic N) is 2. The van der Waals surface area contributed by atoms with Crippen LogP contribution in [0.15, 0.2) is 48.5 Å². The van der Waals surface area contributed by atoms with Gasteiger partial charge in [0, 0.05) is 20.1 Å². The lowest BCUT2D eigenvalue weighted by Gasteiger charge is -2.33. The summed E-state index contributed by atoms with van der Waals surface area (Å²) in [4.78, 5) is 7.04. The number of piperidine rings is 1. The maximum Gasteiger partial charge on any atom is 0.130 e. The van der Waals surface area contributed by atoms with E-state index in [0.717, 1.165) is 30.6 Å². The molecule has 1 saturated heterocycles. The van der Waals surface area contributed by atoms with E-state index in [9.17, 15) is 0 Å². The quantitative estimate of drug-likeness (QED) is 0.928. The van der Waals surface area contributed by atoms with Crippen molar-refractivity contribution >= 4 is 11.6 Å². The van der Waals surface area contributed by atoms with Crippen LogP contribution in [-0.4, -0.2) is 25.1 Å². The second-order valence-corrected chi connectivity index (χ2v) is 5.75. The molecule has 0 amide bonds. The first-order valence-electron chi connectivity index (χ1n) is 7.79. The zero-order chi connectivity index (χ0) is 14.5. The van der Waals surface area contributed by atoms with E-state index in [1.54, 1.807) is 0 Å². The molecule has 0 unspecified atom stereocenters. The Morgan fingerprint density at radius 1 is 1.05 bits per heavy atom. The summed E-state index contributed by atoms with van der Waals surface area (Å²) in [6.07, 6.45) is 3.71. The molecule has 2 aromatic rings. The molecule has 3 heteroatoms. The van der Waals surface area contributed by atoms with Crippen LogP contribution in [-0.2, 0) is 6.42 Å². The first-order chi connectivity index (χ1) is 10.3. The van der Waals surface area contributed by atoms with E-state index < -0.39 is 0 Å². The minimum absolute atomic E-state index is 0.802. The average Bonchev–Trinajstić information content (AvgIpc) is 2.56. The van der Waals surface area contributed by atoms with Gasteiger partial charge in [-0.15, -0.1) is 0 Å². The molecule has 0 bridgehead atoms. The van der Waals surface area contributed by atoms with Gasteiger partial charge in [0.15, 0.2) is 0 Å². The average molecular weight is 281 g/mol. The summed E-state index contributed by atoms with van der Waals surface area (Å²) >= 11 is 0. The summed E-state index contributed by atoms with van der Waals surface area (Å²) in [5, 5.41) is 3.11. The smallest absolute Gasteiger partial charge is 0.130 e. The number of hydrogen-bond acceptors (Lipinski definition) is 3. The molecular formula is C18H23N3. The molecule has 21 heavy (non-hydrogen) atoms. The summed E-state index contributed by atoms with van der Waals surface area (Å²) < 4.78 is 0. The molecule has 3 rings (SSSR count). The molecule has 0 saturated carbocycles. The SMILES string of the molecule is CNc1cccc(N2CCC(Cc3ccccc3)CC2)n1. The van der Waals surface area contributed by atoms with E-state index in [0.29, 0.717) is 0 Å². The van der Waals surface area contributed by atoms with Crippen LogP contribution in [0.4, 0.5) is 11.6 Å². The molecule has 0 aliphatic carbocycles. The van der Waals surface area contributed by atoms with E-state index in [1.807, 2.05) is 13.1 Å². The Morgan fingerprint density at radius 3 is 2.52 bits per heavy atom. The van der Waals surface area contributed by atoms with Crippen molar-refractivity contribution in [2.75, 3.05) is 30.4 Å². The van der Waals surface area contributed by atoms with Gasteiger partial charge >= 0.3 is 0 Å². The van der Waals surface area contributed by atoms with Gasteiger partial charge in [-0.3, -0.25) is 0 Å². The predicted octanol–water partition coefficient (Wildman–Crippen LogP) is 3.58. The number of aromatic nitrogens is 1. The van der Waals surface area contributed by atoms with E-state index in [4.69, 9.17) is 0 Å². The number of hydrogen-bond donors (Lipinski definition) is 1. The molecule has 1 fully saturated rings. The first kappa shape index (κ1) is 13.9. The Labute approximate surface area is 127 Å². The second-order valence-electron chi connectivity index (χ2n) is 5.75. The van der Waals surface area contributed by atoms with Crippen LogP contribution in [0.1, 0.15) is 18.4 Å². The van der Waals surface area contributed by atoms with Gasteiger partial charge in [0.05, 0.1) is 0 Å². The molecule has 0 spiro atoms. The van der Waals surface area contributed by atoms with Gasteiger partial charge in [-0.05, 0) is 42.9 Å². The Hall–Kier alpha value is -2.03. The lowest BCUT2D eigenvalue weighted by Crippen LogP contribution is -2.34. The van der Waals surface area contributed by atoms with Gasteiger partial charge in [-0.25, -0.2) is 4.98 Å². The Bertz CT molecular complexity index is 560. The van der Waals surface area contributed by atoms with Crippen molar-refractivity contribution in [3.8, 4) is 0 Å².